The largest absolute Gasteiger partial charge is 0.310 e. The normalized spacial score (nSPS) is 16.7. The molecule has 1 unspecified atom stereocenters. The lowest BCUT2D eigenvalue weighted by atomic mass is 10.0. The summed E-state index contributed by atoms with van der Waals surface area (Å²) >= 11 is 0. The molecule has 2 rings (SSSR count). The van der Waals surface area contributed by atoms with Crippen molar-refractivity contribution in [3.05, 3.63) is 35.6 Å². The third-order valence-corrected chi connectivity index (χ3v) is 4.35. The van der Waals surface area contributed by atoms with E-state index in [-0.39, 0.29) is 5.82 Å². The monoisotopic (exact) mass is 292 g/mol. The van der Waals surface area contributed by atoms with Crippen LogP contribution in [0.2, 0.25) is 0 Å². The Morgan fingerprint density at radius 1 is 1.24 bits per heavy atom. The van der Waals surface area contributed by atoms with Gasteiger partial charge in [-0.2, -0.15) is 0 Å². The summed E-state index contributed by atoms with van der Waals surface area (Å²) in [7, 11) is 0. The Balaban J connectivity index is 1.92. The van der Waals surface area contributed by atoms with Gasteiger partial charge in [-0.1, -0.05) is 19.1 Å². The molecule has 21 heavy (non-hydrogen) atoms. The number of hydrogen-bond acceptors (Lipinski definition) is 2. The smallest absolute Gasteiger partial charge is 0.123 e. The van der Waals surface area contributed by atoms with Gasteiger partial charge in [0.15, 0.2) is 0 Å². The molecule has 1 saturated carbocycles. The third kappa shape index (κ3) is 5.40. The summed E-state index contributed by atoms with van der Waals surface area (Å²) in [6, 6.07) is 7.85. The van der Waals surface area contributed by atoms with Crippen LogP contribution in [0.4, 0.5) is 4.39 Å². The van der Waals surface area contributed by atoms with Crippen molar-refractivity contribution in [3.8, 4) is 0 Å². The van der Waals surface area contributed by atoms with Crippen LogP contribution in [0.3, 0.4) is 0 Å². The van der Waals surface area contributed by atoms with E-state index in [9.17, 15) is 4.39 Å². The minimum atomic E-state index is -0.161. The molecule has 1 aliphatic carbocycles. The van der Waals surface area contributed by atoms with Gasteiger partial charge in [0.1, 0.15) is 5.82 Å². The predicted molar refractivity (Wildman–Crippen MR) is 86.9 cm³/mol. The lowest BCUT2D eigenvalue weighted by molar-refractivity contribution is 0.201. The van der Waals surface area contributed by atoms with Gasteiger partial charge < -0.3 is 10.2 Å². The molecule has 0 radical (unpaired) electrons. The molecule has 118 valence electrons. The van der Waals surface area contributed by atoms with E-state index in [1.165, 1.54) is 24.9 Å². The first-order valence-electron chi connectivity index (χ1n) is 8.33. The highest BCUT2D eigenvalue weighted by molar-refractivity contribution is 5.20. The van der Waals surface area contributed by atoms with Crippen molar-refractivity contribution in [1.29, 1.82) is 0 Å². The summed E-state index contributed by atoms with van der Waals surface area (Å²) < 4.78 is 13.1. The van der Waals surface area contributed by atoms with E-state index in [2.05, 4.69) is 31.0 Å². The van der Waals surface area contributed by atoms with Crippen molar-refractivity contribution in [2.45, 2.75) is 52.1 Å². The van der Waals surface area contributed by atoms with Crippen LogP contribution >= 0.6 is 0 Å². The van der Waals surface area contributed by atoms with Gasteiger partial charge in [-0.15, -0.1) is 0 Å². The van der Waals surface area contributed by atoms with Crippen LogP contribution in [0.25, 0.3) is 0 Å². The average Bonchev–Trinajstić information content (AvgIpc) is 3.26. The minimum Gasteiger partial charge on any atom is -0.310 e. The van der Waals surface area contributed by atoms with Gasteiger partial charge in [-0.25, -0.2) is 4.39 Å². The second-order valence-electron chi connectivity index (χ2n) is 6.48. The molecule has 3 heteroatoms. The van der Waals surface area contributed by atoms with Gasteiger partial charge in [0.2, 0.25) is 0 Å². The first-order chi connectivity index (χ1) is 10.1. The highest BCUT2D eigenvalue weighted by Gasteiger charge is 2.25. The summed E-state index contributed by atoms with van der Waals surface area (Å²) in [4.78, 5) is 2.59. The van der Waals surface area contributed by atoms with Gasteiger partial charge in [0.25, 0.3) is 0 Å². The van der Waals surface area contributed by atoms with Crippen LogP contribution in [0.15, 0.2) is 24.3 Å². The fourth-order valence-electron chi connectivity index (χ4n) is 2.82. The van der Waals surface area contributed by atoms with E-state index in [4.69, 9.17) is 0 Å². The topological polar surface area (TPSA) is 15.3 Å². The van der Waals surface area contributed by atoms with Crippen LogP contribution in [0, 0.1) is 11.7 Å². The lowest BCUT2D eigenvalue weighted by Crippen LogP contribution is -2.36. The number of hydrogen-bond donors (Lipinski definition) is 1. The number of nitrogens with zero attached hydrogens (tertiary/aromatic N) is 1. The van der Waals surface area contributed by atoms with Crippen LogP contribution < -0.4 is 5.32 Å². The Kier molecular flexibility index (Phi) is 6.19. The molecule has 1 aromatic rings. The van der Waals surface area contributed by atoms with E-state index in [0.29, 0.717) is 12.1 Å². The number of halogens is 1. The number of rotatable bonds is 9. The summed E-state index contributed by atoms with van der Waals surface area (Å²) in [6.45, 7) is 9.96. The van der Waals surface area contributed by atoms with Crippen LogP contribution in [-0.4, -0.2) is 30.6 Å². The maximum absolute atomic E-state index is 13.1. The number of nitrogens with one attached hydrogen (secondary N) is 1. The Labute approximate surface area is 128 Å². The molecule has 2 nitrogen and oxygen atoms in total. The third-order valence-electron chi connectivity index (χ3n) is 4.35. The molecule has 1 N–H and O–H groups in total. The highest BCUT2D eigenvalue weighted by Crippen LogP contribution is 2.30. The molecule has 0 saturated heterocycles. The SMILES string of the molecule is CCNC(CCN(CC1CC1)C(C)C)c1ccc(F)cc1. The lowest BCUT2D eigenvalue weighted by Gasteiger charge is -2.29. The Bertz CT molecular complexity index is 412. The maximum Gasteiger partial charge on any atom is 0.123 e. The molecular weight excluding hydrogens is 263 g/mol. The summed E-state index contributed by atoms with van der Waals surface area (Å²) in [5.41, 5.74) is 1.19. The summed E-state index contributed by atoms with van der Waals surface area (Å²) in [5.74, 6) is 0.766. The first kappa shape index (κ1) is 16.4. The molecule has 1 fully saturated rings. The van der Waals surface area contributed by atoms with E-state index in [1.54, 1.807) is 12.1 Å². The Morgan fingerprint density at radius 3 is 2.43 bits per heavy atom. The summed E-state index contributed by atoms with van der Waals surface area (Å²) in [6.07, 6.45) is 3.88. The van der Waals surface area contributed by atoms with E-state index < -0.39 is 0 Å². The van der Waals surface area contributed by atoms with E-state index >= 15 is 0 Å². The van der Waals surface area contributed by atoms with Crippen molar-refractivity contribution in [1.82, 2.24) is 10.2 Å². The second kappa shape index (κ2) is 7.90. The molecule has 1 aliphatic rings. The summed E-state index contributed by atoms with van der Waals surface area (Å²) in [5, 5.41) is 3.53. The van der Waals surface area contributed by atoms with Gasteiger partial charge in [0, 0.05) is 25.2 Å². The molecule has 0 bridgehead atoms. The van der Waals surface area contributed by atoms with Gasteiger partial charge in [-0.05, 0) is 63.3 Å². The molecule has 0 aliphatic heterocycles. The van der Waals surface area contributed by atoms with Crippen LogP contribution in [0.1, 0.15) is 51.6 Å². The van der Waals surface area contributed by atoms with Crippen molar-refractivity contribution >= 4 is 0 Å². The molecule has 1 atom stereocenters. The standard InChI is InChI=1S/C18H29FN2/c1-4-20-18(16-7-9-17(19)10-8-16)11-12-21(14(2)3)13-15-5-6-15/h7-10,14-15,18,20H,4-6,11-13H2,1-3H3. The van der Waals surface area contributed by atoms with Crippen LogP contribution in [0.5, 0.6) is 0 Å². The molecular formula is C18H29FN2. The van der Waals surface area contributed by atoms with Crippen molar-refractivity contribution in [2.75, 3.05) is 19.6 Å². The minimum absolute atomic E-state index is 0.161. The molecule has 0 amide bonds. The second-order valence-corrected chi connectivity index (χ2v) is 6.48. The van der Waals surface area contributed by atoms with E-state index in [1.807, 2.05) is 12.1 Å². The van der Waals surface area contributed by atoms with Crippen molar-refractivity contribution in [2.24, 2.45) is 5.92 Å². The predicted octanol–water partition coefficient (Wildman–Crippen LogP) is 3.99. The zero-order valence-electron chi connectivity index (χ0n) is 13.6. The van der Waals surface area contributed by atoms with Crippen LogP contribution in [-0.2, 0) is 0 Å². The fraction of sp³-hybridized carbons (Fsp3) is 0.667. The van der Waals surface area contributed by atoms with E-state index in [0.717, 1.165) is 25.4 Å². The van der Waals surface area contributed by atoms with Gasteiger partial charge in [-0.3, -0.25) is 0 Å². The molecule has 0 aromatic heterocycles. The quantitative estimate of drug-likeness (QED) is 0.740. The van der Waals surface area contributed by atoms with Crippen molar-refractivity contribution < 1.29 is 4.39 Å². The van der Waals surface area contributed by atoms with Gasteiger partial charge >= 0.3 is 0 Å². The Hall–Kier alpha value is -0.930. The zero-order chi connectivity index (χ0) is 15.2. The fourth-order valence-corrected chi connectivity index (χ4v) is 2.82. The maximum atomic E-state index is 13.1. The zero-order valence-corrected chi connectivity index (χ0v) is 13.6. The van der Waals surface area contributed by atoms with Crippen molar-refractivity contribution in [3.63, 3.8) is 0 Å². The molecule has 1 aromatic carbocycles. The first-order valence-corrected chi connectivity index (χ1v) is 8.33. The highest BCUT2D eigenvalue weighted by atomic mass is 19.1. The number of benzene rings is 1. The average molecular weight is 292 g/mol. The molecule has 0 heterocycles. The van der Waals surface area contributed by atoms with Gasteiger partial charge in [0.05, 0.1) is 0 Å². The Morgan fingerprint density at radius 2 is 1.90 bits per heavy atom. The molecule has 0 spiro atoms.